The highest BCUT2D eigenvalue weighted by molar-refractivity contribution is 5.76. The van der Waals surface area contributed by atoms with Crippen LogP contribution in [0.1, 0.15) is 277 Å². The summed E-state index contributed by atoms with van der Waals surface area (Å²) in [6, 6.07) is -0.650. The predicted molar refractivity (Wildman–Crippen MR) is 264 cm³/mol. The van der Waals surface area contributed by atoms with E-state index in [0.29, 0.717) is 19.4 Å². The van der Waals surface area contributed by atoms with Crippen LogP contribution in [0.15, 0.2) is 36.5 Å². The van der Waals surface area contributed by atoms with E-state index < -0.39 is 12.1 Å². The molecule has 0 aliphatic rings. The quantitative estimate of drug-likeness (QED) is 0.0322. The fourth-order valence-electron chi connectivity index (χ4n) is 7.97. The van der Waals surface area contributed by atoms with Crippen molar-refractivity contribution < 1.29 is 24.5 Å². The maximum atomic E-state index is 12.4. The van der Waals surface area contributed by atoms with Gasteiger partial charge in [0.05, 0.1) is 25.4 Å². The second-order valence-corrected chi connectivity index (χ2v) is 18.2. The number of carbonyl (C=O) groups excluding carboxylic acids is 2. The summed E-state index contributed by atoms with van der Waals surface area (Å²) in [5.74, 6) is -0.140. The van der Waals surface area contributed by atoms with Crippen LogP contribution in [-0.2, 0) is 14.3 Å². The molecular formula is C55H103NO5. The standard InChI is InChI=1S/C55H103NO5/c1-3-5-7-9-11-13-15-17-18-19-20-21-22-23-24-25-27-31-35-39-43-47-53(58)52(51-57)56-54(59)48-44-40-36-32-28-26-30-34-38-42-46-50-61-55(60)49-45-41-37-33-29-16-14-12-10-8-6-4-2/h12,14,30,34,43,47,52-53,57-58H,3-11,13,15-29,31-33,35-42,44-46,48-51H2,1-2H3,(H,56,59)/b14-12-,34-30-,47-43+. The Balaban J connectivity index is 3.56. The Labute approximate surface area is 379 Å². The number of hydrogen-bond donors (Lipinski definition) is 3. The maximum absolute atomic E-state index is 12.4. The monoisotopic (exact) mass is 858 g/mol. The summed E-state index contributed by atoms with van der Waals surface area (Å²) in [6.45, 7) is 4.80. The third-order valence-corrected chi connectivity index (χ3v) is 12.1. The Kier molecular flexibility index (Phi) is 49.1. The zero-order valence-corrected chi connectivity index (χ0v) is 40.6. The van der Waals surface area contributed by atoms with Gasteiger partial charge in [-0.1, -0.05) is 217 Å². The van der Waals surface area contributed by atoms with Gasteiger partial charge in [-0.3, -0.25) is 9.59 Å². The van der Waals surface area contributed by atoms with Crippen molar-refractivity contribution in [3.63, 3.8) is 0 Å². The van der Waals surface area contributed by atoms with Crippen LogP contribution in [0.25, 0.3) is 0 Å². The number of aliphatic hydroxyl groups is 2. The molecule has 0 fully saturated rings. The summed E-state index contributed by atoms with van der Waals surface area (Å²) >= 11 is 0. The summed E-state index contributed by atoms with van der Waals surface area (Å²) in [5.41, 5.74) is 0. The lowest BCUT2D eigenvalue weighted by atomic mass is 10.0. The normalized spacial score (nSPS) is 12.9. The van der Waals surface area contributed by atoms with Crippen molar-refractivity contribution in [2.45, 2.75) is 289 Å². The van der Waals surface area contributed by atoms with Crippen molar-refractivity contribution in [2.24, 2.45) is 0 Å². The zero-order valence-electron chi connectivity index (χ0n) is 40.6. The Bertz CT molecular complexity index is 993. The number of ether oxygens (including phenoxy) is 1. The van der Waals surface area contributed by atoms with Gasteiger partial charge >= 0.3 is 5.97 Å². The number of allylic oxidation sites excluding steroid dienone is 5. The lowest BCUT2D eigenvalue weighted by Gasteiger charge is -2.20. The number of carbonyl (C=O) groups is 2. The van der Waals surface area contributed by atoms with Gasteiger partial charge in [0.1, 0.15) is 0 Å². The van der Waals surface area contributed by atoms with Crippen LogP contribution < -0.4 is 5.32 Å². The molecule has 0 aliphatic heterocycles. The number of rotatable bonds is 49. The minimum absolute atomic E-state index is 0.0432. The average molecular weight is 858 g/mol. The second kappa shape index (κ2) is 50.7. The number of aliphatic hydroxyl groups excluding tert-OH is 2. The summed E-state index contributed by atoms with van der Waals surface area (Å²) in [5, 5.41) is 23.1. The first kappa shape index (κ1) is 59.1. The molecule has 0 bridgehead atoms. The van der Waals surface area contributed by atoms with Gasteiger partial charge in [0.15, 0.2) is 0 Å². The van der Waals surface area contributed by atoms with Gasteiger partial charge in [0.2, 0.25) is 5.91 Å². The van der Waals surface area contributed by atoms with E-state index in [9.17, 15) is 19.8 Å². The summed E-state index contributed by atoms with van der Waals surface area (Å²) in [6.07, 6.45) is 61.5. The molecule has 0 radical (unpaired) electrons. The van der Waals surface area contributed by atoms with Crippen LogP contribution in [0.4, 0.5) is 0 Å². The van der Waals surface area contributed by atoms with Crippen LogP contribution in [-0.4, -0.2) is 47.4 Å². The van der Waals surface area contributed by atoms with Crippen LogP contribution in [0.5, 0.6) is 0 Å². The number of nitrogens with one attached hydrogen (secondary N) is 1. The van der Waals surface area contributed by atoms with E-state index in [1.165, 1.54) is 167 Å². The van der Waals surface area contributed by atoms with Crippen molar-refractivity contribution in [1.82, 2.24) is 5.32 Å². The average Bonchev–Trinajstić information content (AvgIpc) is 3.26. The van der Waals surface area contributed by atoms with E-state index >= 15 is 0 Å². The van der Waals surface area contributed by atoms with Gasteiger partial charge in [0, 0.05) is 12.8 Å². The topological polar surface area (TPSA) is 95.9 Å². The van der Waals surface area contributed by atoms with Crippen molar-refractivity contribution in [2.75, 3.05) is 13.2 Å². The van der Waals surface area contributed by atoms with E-state index in [2.05, 4.69) is 43.5 Å². The molecular weight excluding hydrogens is 755 g/mol. The fraction of sp³-hybridized carbons (Fsp3) is 0.855. The number of unbranched alkanes of at least 4 members (excludes halogenated alkanes) is 34. The molecule has 3 N–H and O–H groups in total. The molecule has 358 valence electrons. The molecule has 61 heavy (non-hydrogen) atoms. The first-order chi connectivity index (χ1) is 30.0. The van der Waals surface area contributed by atoms with Crippen LogP contribution in [0.3, 0.4) is 0 Å². The molecule has 2 atom stereocenters. The summed E-state index contributed by atoms with van der Waals surface area (Å²) in [4.78, 5) is 24.4. The van der Waals surface area contributed by atoms with Crippen LogP contribution in [0, 0.1) is 0 Å². The molecule has 0 rings (SSSR count). The summed E-state index contributed by atoms with van der Waals surface area (Å²) in [7, 11) is 0. The van der Waals surface area contributed by atoms with E-state index in [4.69, 9.17) is 4.74 Å². The molecule has 6 heteroatoms. The Hall–Kier alpha value is -1.92. The highest BCUT2D eigenvalue weighted by atomic mass is 16.5. The minimum Gasteiger partial charge on any atom is -0.466 e. The van der Waals surface area contributed by atoms with Gasteiger partial charge in [-0.25, -0.2) is 0 Å². The SMILES string of the molecule is CCCCC/C=C\CCCCCCCC(=O)OCCCC/C=C\CCCCCCCC(=O)NC(CO)C(O)/C=C/CCCCCCCCCCCCCCCCCCCCC. The lowest BCUT2D eigenvalue weighted by molar-refractivity contribution is -0.143. The molecule has 0 saturated carbocycles. The highest BCUT2D eigenvalue weighted by Gasteiger charge is 2.18. The molecule has 0 aromatic heterocycles. The molecule has 6 nitrogen and oxygen atoms in total. The van der Waals surface area contributed by atoms with Crippen molar-refractivity contribution in [3.8, 4) is 0 Å². The van der Waals surface area contributed by atoms with Crippen molar-refractivity contribution >= 4 is 11.9 Å². The third-order valence-electron chi connectivity index (χ3n) is 12.1. The van der Waals surface area contributed by atoms with Gasteiger partial charge in [0.25, 0.3) is 0 Å². The van der Waals surface area contributed by atoms with Crippen molar-refractivity contribution in [1.29, 1.82) is 0 Å². The molecule has 0 aromatic rings. The van der Waals surface area contributed by atoms with Crippen LogP contribution in [0.2, 0.25) is 0 Å². The Morgan fingerprint density at radius 2 is 0.770 bits per heavy atom. The van der Waals surface area contributed by atoms with E-state index in [1.54, 1.807) is 6.08 Å². The number of amides is 1. The van der Waals surface area contributed by atoms with Gasteiger partial charge < -0.3 is 20.3 Å². The molecule has 0 heterocycles. The largest absolute Gasteiger partial charge is 0.466 e. The molecule has 0 saturated heterocycles. The van der Waals surface area contributed by atoms with Gasteiger partial charge in [-0.2, -0.15) is 0 Å². The maximum Gasteiger partial charge on any atom is 0.305 e. The number of hydrogen-bond acceptors (Lipinski definition) is 5. The predicted octanol–water partition coefficient (Wildman–Crippen LogP) is 16.1. The number of esters is 1. The lowest BCUT2D eigenvalue weighted by Crippen LogP contribution is -2.45. The highest BCUT2D eigenvalue weighted by Crippen LogP contribution is 2.16. The van der Waals surface area contributed by atoms with Crippen LogP contribution >= 0.6 is 0 Å². The second-order valence-electron chi connectivity index (χ2n) is 18.2. The van der Waals surface area contributed by atoms with Crippen molar-refractivity contribution in [3.05, 3.63) is 36.5 Å². The zero-order chi connectivity index (χ0) is 44.4. The smallest absolute Gasteiger partial charge is 0.305 e. The molecule has 0 spiro atoms. The fourth-order valence-corrected chi connectivity index (χ4v) is 7.97. The summed E-state index contributed by atoms with van der Waals surface area (Å²) < 4.78 is 5.42. The molecule has 1 amide bonds. The first-order valence-electron chi connectivity index (χ1n) is 26.8. The third kappa shape index (κ3) is 47.4. The first-order valence-corrected chi connectivity index (χ1v) is 26.8. The molecule has 0 aromatic carbocycles. The van der Waals surface area contributed by atoms with Gasteiger partial charge in [-0.15, -0.1) is 0 Å². The molecule has 0 aliphatic carbocycles. The van der Waals surface area contributed by atoms with E-state index in [1.807, 2.05) is 6.08 Å². The molecule has 2 unspecified atom stereocenters. The van der Waals surface area contributed by atoms with E-state index in [-0.39, 0.29) is 18.5 Å². The minimum atomic E-state index is -0.864. The van der Waals surface area contributed by atoms with Gasteiger partial charge in [-0.05, 0) is 83.5 Å². The Morgan fingerprint density at radius 3 is 1.20 bits per heavy atom. The Morgan fingerprint density at radius 1 is 0.443 bits per heavy atom. The van der Waals surface area contributed by atoms with E-state index in [0.717, 1.165) is 83.5 Å².